The van der Waals surface area contributed by atoms with Gasteiger partial charge in [0.1, 0.15) is 11.9 Å². The number of carbonyl (C=O) groups is 1. The predicted octanol–water partition coefficient (Wildman–Crippen LogP) is 2.11. The predicted molar refractivity (Wildman–Crippen MR) is 77.5 cm³/mol. The standard InChI is InChI=1S/C14H18F2N2O2.ClH/c15-10-1-2-13(12(16)9-10)20-11-4-7-18(8-5-11)14(19)3-6-17;/h1-2,9,11H,3-8,17H2;1H. The van der Waals surface area contributed by atoms with Crippen LogP contribution in [0.15, 0.2) is 18.2 Å². The zero-order valence-electron chi connectivity index (χ0n) is 11.6. The van der Waals surface area contributed by atoms with E-state index in [0.717, 1.165) is 12.1 Å². The minimum Gasteiger partial charge on any atom is -0.487 e. The third kappa shape index (κ3) is 4.82. The van der Waals surface area contributed by atoms with Gasteiger partial charge in [0, 0.05) is 45.0 Å². The van der Waals surface area contributed by atoms with E-state index >= 15 is 0 Å². The fourth-order valence-electron chi connectivity index (χ4n) is 2.25. The van der Waals surface area contributed by atoms with E-state index < -0.39 is 11.6 Å². The molecule has 21 heavy (non-hydrogen) atoms. The molecular weight excluding hydrogens is 302 g/mol. The number of nitrogens with two attached hydrogens (primary N) is 1. The van der Waals surface area contributed by atoms with Gasteiger partial charge in [0.15, 0.2) is 11.6 Å². The fourth-order valence-corrected chi connectivity index (χ4v) is 2.25. The Kier molecular flexibility index (Phi) is 6.84. The molecule has 0 aliphatic carbocycles. The quantitative estimate of drug-likeness (QED) is 0.924. The highest BCUT2D eigenvalue weighted by molar-refractivity contribution is 5.85. The molecular formula is C14H19ClF2N2O2. The van der Waals surface area contributed by atoms with Crippen molar-refractivity contribution in [2.45, 2.75) is 25.4 Å². The van der Waals surface area contributed by atoms with Gasteiger partial charge in [0.25, 0.3) is 0 Å². The van der Waals surface area contributed by atoms with E-state index in [1.54, 1.807) is 4.90 Å². The van der Waals surface area contributed by atoms with E-state index in [9.17, 15) is 13.6 Å². The number of amides is 1. The van der Waals surface area contributed by atoms with Gasteiger partial charge in [0.05, 0.1) is 0 Å². The third-order valence-electron chi connectivity index (χ3n) is 3.34. The van der Waals surface area contributed by atoms with Crippen LogP contribution in [0.5, 0.6) is 5.75 Å². The van der Waals surface area contributed by atoms with E-state index in [4.69, 9.17) is 10.5 Å². The molecule has 1 saturated heterocycles. The lowest BCUT2D eigenvalue weighted by atomic mass is 10.1. The topological polar surface area (TPSA) is 55.6 Å². The van der Waals surface area contributed by atoms with Crippen molar-refractivity contribution < 1.29 is 18.3 Å². The molecule has 0 spiro atoms. The monoisotopic (exact) mass is 320 g/mol. The number of benzene rings is 1. The summed E-state index contributed by atoms with van der Waals surface area (Å²) in [7, 11) is 0. The molecule has 0 aromatic heterocycles. The summed E-state index contributed by atoms with van der Waals surface area (Å²) in [6.07, 6.45) is 1.45. The average Bonchev–Trinajstić information content (AvgIpc) is 2.43. The molecule has 0 saturated carbocycles. The number of nitrogens with zero attached hydrogens (tertiary/aromatic N) is 1. The van der Waals surface area contributed by atoms with Crippen LogP contribution >= 0.6 is 12.4 Å². The van der Waals surface area contributed by atoms with Gasteiger partial charge in [-0.25, -0.2) is 8.78 Å². The summed E-state index contributed by atoms with van der Waals surface area (Å²) < 4.78 is 31.8. The molecule has 4 nitrogen and oxygen atoms in total. The van der Waals surface area contributed by atoms with Crippen LogP contribution in [0.1, 0.15) is 19.3 Å². The van der Waals surface area contributed by atoms with Crippen LogP contribution in [-0.2, 0) is 4.79 Å². The summed E-state index contributed by atoms with van der Waals surface area (Å²) in [5.74, 6) is -1.24. The number of hydrogen-bond acceptors (Lipinski definition) is 3. The van der Waals surface area contributed by atoms with Crippen molar-refractivity contribution in [3.8, 4) is 5.75 Å². The molecule has 1 aliphatic heterocycles. The lowest BCUT2D eigenvalue weighted by Crippen LogP contribution is -2.42. The van der Waals surface area contributed by atoms with Crippen molar-refractivity contribution in [2.24, 2.45) is 5.73 Å². The van der Waals surface area contributed by atoms with Crippen molar-refractivity contribution in [2.75, 3.05) is 19.6 Å². The maximum atomic E-state index is 13.5. The Labute approximate surface area is 128 Å². The highest BCUT2D eigenvalue weighted by Crippen LogP contribution is 2.23. The van der Waals surface area contributed by atoms with Gasteiger partial charge in [-0.3, -0.25) is 4.79 Å². The number of ether oxygens (including phenoxy) is 1. The van der Waals surface area contributed by atoms with E-state index in [1.807, 2.05) is 0 Å². The summed E-state index contributed by atoms with van der Waals surface area (Å²) in [5.41, 5.74) is 5.35. The van der Waals surface area contributed by atoms with E-state index in [-0.39, 0.29) is 30.2 Å². The SMILES string of the molecule is Cl.NCCC(=O)N1CCC(Oc2ccc(F)cc2F)CC1. The van der Waals surface area contributed by atoms with Crippen molar-refractivity contribution >= 4 is 18.3 Å². The molecule has 1 aromatic carbocycles. The Bertz CT molecular complexity index is 480. The van der Waals surface area contributed by atoms with Gasteiger partial charge < -0.3 is 15.4 Å². The second kappa shape index (κ2) is 8.14. The first kappa shape index (κ1) is 17.7. The normalized spacial score (nSPS) is 15.5. The van der Waals surface area contributed by atoms with Crippen LogP contribution in [0.4, 0.5) is 8.78 Å². The molecule has 1 heterocycles. The summed E-state index contributed by atoms with van der Waals surface area (Å²) in [6, 6.07) is 3.25. The minimum atomic E-state index is -0.702. The number of rotatable bonds is 4. The highest BCUT2D eigenvalue weighted by atomic mass is 35.5. The Morgan fingerprint density at radius 3 is 2.57 bits per heavy atom. The van der Waals surface area contributed by atoms with Gasteiger partial charge in [-0.15, -0.1) is 12.4 Å². The molecule has 0 bridgehead atoms. The molecule has 2 rings (SSSR count). The smallest absolute Gasteiger partial charge is 0.223 e. The van der Waals surface area contributed by atoms with E-state index in [0.29, 0.717) is 38.9 Å². The average molecular weight is 321 g/mol. The third-order valence-corrected chi connectivity index (χ3v) is 3.34. The molecule has 118 valence electrons. The Morgan fingerprint density at radius 1 is 1.33 bits per heavy atom. The van der Waals surface area contributed by atoms with Crippen LogP contribution in [0, 0.1) is 11.6 Å². The van der Waals surface area contributed by atoms with Crippen molar-refractivity contribution in [1.82, 2.24) is 4.90 Å². The van der Waals surface area contributed by atoms with Crippen LogP contribution in [0.2, 0.25) is 0 Å². The van der Waals surface area contributed by atoms with Crippen molar-refractivity contribution in [3.63, 3.8) is 0 Å². The molecule has 1 aliphatic rings. The molecule has 2 N–H and O–H groups in total. The second-order valence-corrected chi connectivity index (χ2v) is 4.81. The highest BCUT2D eigenvalue weighted by Gasteiger charge is 2.24. The van der Waals surface area contributed by atoms with Gasteiger partial charge in [0.2, 0.25) is 5.91 Å². The second-order valence-electron chi connectivity index (χ2n) is 4.81. The Morgan fingerprint density at radius 2 is 2.00 bits per heavy atom. The fraction of sp³-hybridized carbons (Fsp3) is 0.500. The maximum Gasteiger partial charge on any atom is 0.223 e. The Balaban J connectivity index is 0.00000220. The Hall–Kier alpha value is -1.40. The molecule has 1 amide bonds. The molecule has 1 fully saturated rings. The molecule has 0 radical (unpaired) electrons. The number of hydrogen-bond donors (Lipinski definition) is 1. The van der Waals surface area contributed by atoms with Gasteiger partial charge in [-0.1, -0.05) is 0 Å². The summed E-state index contributed by atoms with van der Waals surface area (Å²) in [5, 5.41) is 0. The van der Waals surface area contributed by atoms with Gasteiger partial charge >= 0.3 is 0 Å². The van der Waals surface area contributed by atoms with Gasteiger partial charge in [-0.2, -0.15) is 0 Å². The first-order valence-electron chi connectivity index (χ1n) is 6.69. The molecule has 0 unspecified atom stereocenters. The number of halogens is 3. The van der Waals surface area contributed by atoms with Crippen molar-refractivity contribution in [3.05, 3.63) is 29.8 Å². The number of likely N-dealkylation sites (tertiary alicyclic amines) is 1. The number of piperidine rings is 1. The summed E-state index contributed by atoms with van der Waals surface area (Å²) in [4.78, 5) is 13.4. The van der Waals surface area contributed by atoms with Crippen LogP contribution in [0.3, 0.4) is 0 Å². The summed E-state index contributed by atoms with van der Waals surface area (Å²) >= 11 is 0. The van der Waals surface area contributed by atoms with Crippen LogP contribution in [0.25, 0.3) is 0 Å². The first-order chi connectivity index (χ1) is 9.60. The minimum absolute atomic E-state index is 0. The summed E-state index contributed by atoms with van der Waals surface area (Å²) in [6.45, 7) is 1.49. The lowest BCUT2D eigenvalue weighted by molar-refractivity contribution is -0.132. The number of carbonyl (C=O) groups excluding carboxylic acids is 1. The maximum absolute atomic E-state index is 13.5. The van der Waals surface area contributed by atoms with Crippen molar-refractivity contribution in [1.29, 1.82) is 0 Å². The molecule has 1 aromatic rings. The van der Waals surface area contributed by atoms with Crippen LogP contribution in [-0.4, -0.2) is 36.5 Å². The van der Waals surface area contributed by atoms with Crippen LogP contribution < -0.4 is 10.5 Å². The molecule has 0 atom stereocenters. The first-order valence-corrected chi connectivity index (χ1v) is 6.69. The lowest BCUT2D eigenvalue weighted by Gasteiger charge is -2.32. The zero-order valence-corrected chi connectivity index (χ0v) is 12.4. The van der Waals surface area contributed by atoms with Gasteiger partial charge in [-0.05, 0) is 12.1 Å². The zero-order chi connectivity index (χ0) is 14.5. The van der Waals surface area contributed by atoms with E-state index in [1.165, 1.54) is 6.07 Å². The molecule has 7 heteroatoms. The largest absolute Gasteiger partial charge is 0.487 e. The van der Waals surface area contributed by atoms with E-state index in [2.05, 4.69) is 0 Å².